The number of nitrogens with two attached hydrogens (primary N) is 2. The van der Waals surface area contributed by atoms with E-state index < -0.39 is 0 Å². The molecule has 0 spiro atoms. The number of nitrogens with one attached hydrogen (secondary N) is 1. The van der Waals surface area contributed by atoms with E-state index in [2.05, 4.69) is 30.4 Å². The number of nitrogens with zero attached hydrogens (tertiary/aromatic N) is 6. The van der Waals surface area contributed by atoms with E-state index in [9.17, 15) is 0 Å². The third-order valence-electron chi connectivity index (χ3n) is 3.30. The van der Waals surface area contributed by atoms with Crippen LogP contribution >= 0.6 is 0 Å². The number of aliphatic imine (C=N–C) groups is 1. The summed E-state index contributed by atoms with van der Waals surface area (Å²) in [6.45, 7) is 0.452. The molecule has 3 heterocycles. The SMILES string of the molecule is CN=CC(=CN)c1cnc(N)c(NCc2ccn3nccc3n2)n1. The Hall–Kier alpha value is -3.49. The van der Waals surface area contributed by atoms with Gasteiger partial charge in [0.1, 0.15) is 0 Å². The number of anilines is 2. The fourth-order valence-corrected chi connectivity index (χ4v) is 2.13. The van der Waals surface area contributed by atoms with Crippen molar-refractivity contribution in [3.63, 3.8) is 0 Å². The molecule has 0 aliphatic rings. The minimum atomic E-state index is 0.300. The second kappa shape index (κ2) is 6.73. The lowest BCUT2D eigenvalue weighted by Crippen LogP contribution is -2.09. The first-order valence-electron chi connectivity index (χ1n) is 7.21. The first kappa shape index (κ1) is 15.4. The van der Waals surface area contributed by atoms with E-state index in [4.69, 9.17) is 11.5 Å². The molecule has 0 unspecified atom stereocenters. The van der Waals surface area contributed by atoms with Crippen LogP contribution in [0.1, 0.15) is 11.4 Å². The summed E-state index contributed by atoms with van der Waals surface area (Å²) in [7, 11) is 1.66. The molecular weight excluding hydrogens is 306 g/mol. The van der Waals surface area contributed by atoms with Gasteiger partial charge in [-0.2, -0.15) is 5.10 Å². The van der Waals surface area contributed by atoms with Gasteiger partial charge < -0.3 is 16.8 Å². The average Bonchev–Trinajstić information content (AvgIpc) is 3.07. The molecule has 0 saturated heterocycles. The standard InChI is InChI=1S/C15H17N9/c1-18-7-10(6-16)12-9-19-14(17)15(23-12)20-8-11-3-5-24-13(22-11)2-4-21-24/h2-7,9H,8,16H2,1H3,(H2,17,19)(H,20,23). The predicted molar refractivity (Wildman–Crippen MR) is 93.3 cm³/mol. The van der Waals surface area contributed by atoms with Gasteiger partial charge in [-0.3, -0.25) is 4.99 Å². The molecule has 0 amide bonds. The number of hydrogen-bond donors (Lipinski definition) is 3. The summed E-state index contributed by atoms with van der Waals surface area (Å²) in [5.74, 6) is 0.764. The van der Waals surface area contributed by atoms with Crippen molar-refractivity contribution in [2.75, 3.05) is 18.1 Å². The van der Waals surface area contributed by atoms with Crippen LogP contribution in [0, 0.1) is 0 Å². The van der Waals surface area contributed by atoms with Crippen molar-refractivity contribution in [3.8, 4) is 0 Å². The molecule has 122 valence electrons. The van der Waals surface area contributed by atoms with Crippen molar-refractivity contribution in [2.24, 2.45) is 10.7 Å². The summed E-state index contributed by atoms with van der Waals surface area (Å²) < 4.78 is 1.70. The maximum atomic E-state index is 5.89. The van der Waals surface area contributed by atoms with Crippen LogP contribution < -0.4 is 16.8 Å². The second-order valence-electron chi connectivity index (χ2n) is 4.90. The fraction of sp³-hybridized carbons (Fsp3) is 0.133. The lowest BCUT2D eigenvalue weighted by atomic mass is 10.2. The van der Waals surface area contributed by atoms with Gasteiger partial charge in [0.15, 0.2) is 17.3 Å². The van der Waals surface area contributed by atoms with E-state index in [0.717, 1.165) is 11.3 Å². The minimum absolute atomic E-state index is 0.300. The van der Waals surface area contributed by atoms with Gasteiger partial charge in [-0.25, -0.2) is 19.5 Å². The van der Waals surface area contributed by atoms with Crippen molar-refractivity contribution in [1.29, 1.82) is 0 Å². The molecule has 0 saturated carbocycles. The van der Waals surface area contributed by atoms with Crippen LogP contribution in [0.3, 0.4) is 0 Å². The Balaban J connectivity index is 1.81. The smallest absolute Gasteiger partial charge is 0.169 e. The highest BCUT2D eigenvalue weighted by Crippen LogP contribution is 2.17. The van der Waals surface area contributed by atoms with Gasteiger partial charge in [0, 0.05) is 37.3 Å². The normalized spacial score (nSPS) is 12.1. The molecule has 3 aromatic heterocycles. The molecule has 0 bridgehead atoms. The Morgan fingerprint density at radius 2 is 2.25 bits per heavy atom. The molecule has 3 aromatic rings. The number of nitrogen functional groups attached to an aromatic ring is 1. The summed E-state index contributed by atoms with van der Waals surface area (Å²) in [4.78, 5) is 17.0. The van der Waals surface area contributed by atoms with Crippen LogP contribution in [-0.2, 0) is 6.54 Å². The van der Waals surface area contributed by atoms with E-state index in [1.807, 2.05) is 18.3 Å². The average molecular weight is 323 g/mol. The van der Waals surface area contributed by atoms with Gasteiger partial charge in [-0.05, 0) is 6.07 Å². The van der Waals surface area contributed by atoms with E-state index >= 15 is 0 Å². The van der Waals surface area contributed by atoms with Crippen molar-refractivity contribution >= 4 is 29.1 Å². The largest absolute Gasteiger partial charge is 0.404 e. The Kier molecular flexibility index (Phi) is 4.32. The molecule has 0 fully saturated rings. The summed E-state index contributed by atoms with van der Waals surface area (Å²) in [6.07, 6.45) is 8.13. The minimum Gasteiger partial charge on any atom is -0.404 e. The monoisotopic (exact) mass is 323 g/mol. The fourth-order valence-electron chi connectivity index (χ4n) is 2.13. The molecule has 0 atom stereocenters. The lowest BCUT2D eigenvalue weighted by molar-refractivity contribution is 0.912. The molecule has 5 N–H and O–H groups in total. The molecule has 0 aliphatic heterocycles. The number of aromatic nitrogens is 5. The number of rotatable bonds is 5. The van der Waals surface area contributed by atoms with Crippen molar-refractivity contribution in [1.82, 2.24) is 24.6 Å². The highest BCUT2D eigenvalue weighted by atomic mass is 15.2. The number of hydrogen-bond acceptors (Lipinski definition) is 8. The first-order valence-corrected chi connectivity index (χ1v) is 7.21. The zero-order valence-electron chi connectivity index (χ0n) is 13.1. The van der Waals surface area contributed by atoms with Crippen LogP contribution in [0.25, 0.3) is 11.2 Å². The van der Waals surface area contributed by atoms with E-state index in [0.29, 0.717) is 29.4 Å². The highest BCUT2D eigenvalue weighted by Gasteiger charge is 2.08. The predicted octanol–water partition coefficient (Wildman–Crippen LogP) is 0.714. The zero-order valence-corrected chi connectivity index (χ0v) is 13.1. The first-order chi connectivity index (χ1) is 11.7. The maximum Gasteiger partial charge on any atom is 0.169 e. The third-order valence-corrected chi connectivity index (χ3v) is 3.30. The Labute approximate surface area is 138 Å². The van der Waals surface area contributed by atoms with Gasteiger partial charge in [-0.1, -0.05) is 0 Å². The summed E-state index contributed by atoms with van der Waals surface area (Å²) in [6, 6.07) is 3.70. The van der Waals surface area contributed by atoms with Crippen LogP contribution in [-0.4, -0.2) is 37.8 Å². The van der Waals surface area contributed by atoms with Gasteiger partial charge in [0.25, 0.3) is 0 Å². The summed E-state index contributed by atoms with van der Waals surface area (Å²) >= 11 is 0. The number of fused-ring (bicyclic) bond motifs is 1. The van der Waals surface area contributed by atoms with Crippen molar-refractivity contribution in [3.05, 3.63) is 48.3 Å². The second-order valence-corrected chi connectivity index (χ2v) is 4.90. The molecule has 0 radical (unpaired) electrons. The molecule has 9 heteroatoms. The highest BCUT2D eigenvalue weighted by molar-refractivity contribution is 6.08. The van der Waals surface area contributed by atoms with Gasteiger partial charge in [0.2, 0.25) is 0 Å². The van der Waals surface area contributed by atoms with Crippen LogP contribution in [0.15, 0.2) is 41.9 Å². The third kappa shape index (κ3) is 3.14. The van der Waals surface area contributed by atoms with Gasteiger partial charge in [0.05, 0.1) is 30.3 Å². The topological polar surface area (TPSA) is 132 Å². The molecule has 3 rings (SSSR count). The van der Waals surface area contributed by atoms with E-state index in [1.165, 1.54) is 6.20 Å². The molecule has 24 heavy (non-hydrogen) atoms. The van der Waals surface area contributed by atoms with Crippen molar-refractivity contribution < 1.29 is 0 Å². The molecule has 0 aliphatic carbocycles. The molecule has 9 nitrogen and oxygen atoms in total. The van der Waals surface area contributed by atoms with Crippen LogP contribution in [0.2, 0.25) is 0 Å². The van der Waals surface area contributed by atoms with Crippen molar-refractivity contribution in [2.45, 2.75) is 6.54 Å². The van der Waals surface area contributed by atoms with Gasteiger partial charge in [-0.15, -0.1) is 0 Å². The molecule has 0 aromatic carbocycles. The maximum absolute atomic E-state index is 5.89. The van der Waals surface area contributed by atoms with Crippen LogP contribution in [0.5, 0.6) is 0 Å². The molecular formula is C15H17N9. The zero-order chi connectivity index (χ0) is 16.9. The van der Waals surface area contributed by atoms with Gasteiger partial charge >= 0.3 is 0 Å². The number of allylic oxidation sites excluding steroid dienone is 1. The Bertz CT molecular complexity index is 910. The lowest BCUT2D eigenvalue weighted by Gasteiger charge is -2.09. The Morgan fingerprint density at radius 3 is 3.04 bits per heavy atom. The quantitative estimate of drug-likeness (QED) is 0.589. The van der Waals surface area contributed by atoms with E-state index in [1.54, 1.807) is 30.2 Å². The van der Waals surface area contributed by atoms with Crippen LogP contribution in [0.4, 0.5) is 11.6 Å². The Morgan fingerprint density at radius 1 is 1.38 bits per heavy atom. The summed E-state index contributed by atoms with van der Waals surface area (Å²) in [5, 5.41) is 7.26. The van der Waals surface area contributed by atoms with E-state index in [-0.39, 0.29) is 0 Å². The summed E-state index contributed by atoms with van der Waals surface area (Å²) in [5.41, 5.74) is 14.3.